The lowest BCUT2D eigenvalue weighted by atomic mass is 9.98. The Balaban J connectivity index is 4.66. The third-order valence-corrected chi connectivity index (χ3v) is 2.32. The van der Waals surface area contributed by atoms with Crippen molar-refractivity contribution in [2.24, 2.45) is 0 Å². The first kappa shape index (κ1) is 15.9. The molecule has 100 valence electrons. The van der Waals surface area contributed by atoms with E-state index in [2.05, 4.69) is 9.47 Å². The third-order valence-electron chi connectivity index (χ3n) is 2.32. The van der Waals surface area contributed by atoms with Crippen molar-refractivity contribution in [3.63, 3.8) is 0 Å². The average Bonchev–Trinajstić information content (AvgIpc) is 2.29. The first-order valence-corrected chi connectivity index (χ1v) is 6.06. The van der Waals surface area contributed by atoms with Gasteiger partial charge in [-0.2, -0.15) is 0 Å². The van der Waals surface area contributed by atoms with Gasteiger partial charge in [-0.3, -0.25) is 0 Å². The van der Waals surface area contributed by atoms with Crippen LogP contribution in [-0.4, -0.2) is 30.8 Å². The number of hydrogen-bond acceptors (Lipinski definition) is 4. The number of carbonyl (C=O) groups excluding carboxylic acids is 2. The second kappa shape index (κ2) is 8.03. The molecule has 4 nitrogen and oxygen atoms in total. The first-order valence-electron chi connectivity index (χ1n) is 6.06. The van der Waals surface area contributed by atoms with Crippen molar-refractivity contribution in [2.45, 2.75) is 52.1 Å². The lowest BCUT2D eigenvalue weighted by molar-refractivity contribution is -0.175. The van der Waals surface area contributed by atoms with Crippen LogP contribution in [0.4, 0.5) is 4.39 Å². The molecule has 0 heterocycles. The number of ether oxygens (including phenoxy) is 2. The van der Waals surface area contributed by atoms with E-state index in [0.717, 1.165) is 12.8 Å². The Hall–Kier alpha value is -1.13. The number of alkyl halides is 1. The van der Waals surface area contributed by atoms with E-state index in [4.69, 9.17) is 0 Å². The summed E-state index contributed by atoms with van der Waals surface area (Å²) < 4.78 is 23.5. The number of halogens is 1. The van der Waals surface area contributed by atoms with Crippen molar-refractivity contribution >= 4 is 11.9 Å². The second-order valence-electron chi connectivity index (χ2n) is 3.70. The maximum absolute atomic E-state index is 14.3. The van der Waals surface area contributed by atoms with Crippen molar-refractivity contribution in [1.82, 2.24) is 0 Å². The van der Waals surface area contributed by atoms with Gasteiger partial charge in [-0.15, -0.1) is 0 Å². The van der Waals surface area contributed by atoms with E-state index < -0.39 is 17.6 Å². The molecule has 0 spiro atoms. The zero-order valence-corrected chi connectivity index (χ0v) is 10.8. The molecular formula is C12H21FO4. The molecule has 0 aliphatic rings. The van der Waals surface area contributed by atoms with E-state index in [1.807, 2.05) is 6.92 Å². The normalized spacial score (nSPS) is 11.1. The van der Waals surface area contributed by atoms with Gasteiger partial charge in [0.15, 0.2) is 0 Å². The lowest BCUT2D eigenvalue weighted by Gasteiger charge is -2.20. The number of unbranched alkanes of at least 4 members (excludes halogenated alkanes) is 2. The summed E-state index contributed by atoms with van der Waals surface area (Å²) in [6, 6.07) is 0. The molecule has 0 amide bonds. The molecule has 0 atom stereocenters. The molecule has 0 saturated carbocycles. The molecule has 0 radical (unpaired) electrons. The minimum absolute atomic E-state index is 0.0394. The monoisotopic (exact) mass is 248 g/mol. The summed E-state index contributed by atoms with van der Waals surface area (Å²) in [4.78, 5) is 23.0. The largest absolute Gasteiger partial charge is 0.463 e. The van der Waals surface area contributed by atoms with Gasteiger partial charge in [-0.05, 0) is 20.3 Å². The molecule has 0 rings (SSSR count). The fraction of sp³-hybridized carbons (Fsp3) is 0.833. The van der Waals surface area contributed by atoms with E-state index >= 15 is 0 Å². The zero-order chi connectivity index (χ0) is 13.3. The van der Waals surface area contributed by atoms with Crippen LogP contribution < -0.4 is 0 Å². The van der Waals surface area contributed by atoms with Crippen LogP contribution >= 0.6 is 0 Å². The van der Waals surface area contributed by atoms with Crippen LogP contribution in [0.5, 0.6) is 0 Å². The van der Waals surface area contributed by atoms with Gasteiger partial charge in [-0.25, -0.2) is 14.0 Å². The fourth-order valence-corrected chi connectivity index (χ4v) is 1.40. The maximum atomic E-state index is 14.3. The number of hydrogen-bond donors (Lipinski definition) is 0. The van der Waals surface area contributed by atoms with Gasteiger partial charge in [0, 0.05) is 6.42 Å². The van der Waals surface area contributed by atoms with Crippen LogP contribution in [0, 0.1) is 0 Å². The summed E-state index contributed by atoms with van der Waals surface area (Å²) in [5.74, 6) is -2.29. The van der Waals surface area contributed by atoms with E-state index in [9.17, 15) is 14.0 Å². The summed E-state index contributed by atoms with van der Waals surface area (Å²) in [6.07, 6.45) is 1.90. The third kappa shape index (κ3) is 4.71. The molecule has 0 aromatic heterocycles. The zero-order valence-electron chi connectivity index (χ0n) is 10.8. The molecule has 0 bridgehead atoms. The van der Waals surface area contributed by atoms with Crippen molar-refractivity contribution in [3.8, 4) is 0 Å². The first-order chi connectivity index (χ1) is 8.02. The minimum Gasteiger partial charge on any atom is -0.463 e. The highest BCUT2D eigenvalue weighted by Crippen LogP contribution is 2.24. The van der Waals surface area contributed by atoms with Crippen LogP contribution in [0.25, 0.3) is 0 Å². The molecule has 17 heavy (non-hydrogen) atoms. The molecule has 0 N–H and O–H groups in total. The Morgan fingerprint density at radius 3 is 1.82 bits per heavy atom. The van der Waals surface area contributed by atoms with Crippen LogP contribution in [0.1, 0.15) is 46.5 Å². The number of esters is 2. The summed E-state index contributed by atoms with van der Waals surface area (Å²) in [5.41, 5.74) is -2.65. The molecular weight excluding hydrogens is 227 g/mol. The molecule has 0 aliphatic carbocycles. The van der Waals surface area contributed by atoms with Crippen LogP contribution in [0.3, 0.4) is 0 Å². The van der Waals surface area contributed by atoms with Gasteiger partial charge < -0.3 is 9.47 Å². The average molecular weight is 248 g/mol. The maximum Gasteiger partial charge on any atom is 0.355 e. The Kier molecular flexibility index (Phi) is 7.50. The number of rotatable bonds is 8. The predicted molar refractivity (Wildman–Crippen MR) is 61.2 cm³/mol. The predicted octanol–water partition coefficient (Wildman–Crippen LogP) is 2.40. The van der Waals surface area contributed by atoms with Crippen molar-refractivity contribution in [3.05, 3.63) is 0 Å². The fourth-order valence-electron chi connectivity index (χ4n) is 1.40. The molecule has 0 aromatic rings. The van der Waals surface area contributed by atoms with Gasteiger partial charge >= 0.3 is 17.6 Å². The van der Waals surface area contributed by atoms with Gasteiger partial charge in [0.2, 0.25) is 0 Å². The van der Waals surface area contributed by atoms with Crippen LogP contribution in [0.2, 0.25) is 0 Å². The van der Waals surface area contributed by atoms with Gasteiger partial charge in [0.1, 0.15) is 0 Å². The van der Waals surface area contributed by atoms with Crippen molar-refractivity contribution < 1.29 is 23.5 Å². The standard InChI is InChI=1S/C12H21FO4/c1-4-7-8-9-12(13,10(14)16-5-2)11(15)17-6-3/h4-9H2,1-3H3. The van der Waals surface area contributed by atoms with E-state index in [0.29, 0.717) is 6.42 Å². The second-order valence-corrected chi connectivity index (χ2v) is 3.70. The van der Waals surface area contributed by atoms with E-state index in [1.165, 1.54) is 0 Å². The highest BCUT2D eigenvalue weighted by atomic mass is 19.1. The smallest absolute Gasteiger partial charge is 0.355 e. The SMILES string of the molecule is CCCCCC(F)(C(=O)OCC)C(=O)OCC. The van der Waals surface area contributed by atoms with E-state index in [1.54, 1.807) is 13.8 Å². The van der Waals surface area contributed by atoms with Gasteiger partial charge in [-0.1, -0.05) is 19.8 Å². The molecule has 0 fully saturated rings. The molecule has 5 heteroatoms. The van der Waals surface area contributed by atoms with Crippen molar-refractivity contribution in [1.29, 1.82) is 0 Å². The van der Waals surface area contributed by atoms with E-state index in [-0.39, 0.29) is 19.6 Å². The Morgan fingerprint density at radius 1 is 1.00 bits per heavy atom. The molecule has 0 aliphatic heterocycles. The van der Waals surface area contributed by atoms with Crippen molar-refractivity contribution in [2.75, 3.05) is 13.2 Å². The van der Waals surface area contributed by atoms with Gasteiger partial charge in [0.05, 0.1) is 13.2 Å². The topological polar surface area (TPSA) is 52.6 Å². The highest BCUT2D eigenvalue weighted by Gasteiger charge is 2.49. The number of carbonyl (C=O) groups is 2. The highest BCUT2D eigenvalue weighted by molar-refractivity contribution is 6.03. The summed E-state index contributed by atoms with van der Waals surface area (Å²) in [5, 5.41) is 0. The van der Waals surface area contributed by atoms with Gasteiger partial charge in [0.25, 0.3) is 0 Å². The Bertz CT molecular complexity index is 235. The minimum atomic E-state index is -2.65. The Labute approximate surface area is 101 Å². The Morgan fingerprint density at radius 2 is 1.47 bits per heavy atom. The molecule has 0 unspecified atom stereocenters. The summed E-state index contributed by atoms with van der Waals surface area (Å²) >= 11 is 0. The summed E-state index contributed by atoms with van der Waals surface area (Å²) in [7, 11) is 0. The molecule has 0 saturated heterocycles. The van der Waals surface area contributed by atoms with Crippen LogP contribution in [-0.2, 0) is 19.1 Å². The quantitative estimate of drug-likeness (QED) is 0.376. The van der Waals surface area contributed by atoms with Crippen LogP contribution in [0.15, 0.2) is 0 Å². The molecule has 0 aromatic carbocycles. The summed E-state index contributed by atoms with van der Waals surface area (Å²) in [6.45, 7) is 5.16. The lowest BCUT2D eigenvalue weighted by Crippen LogP contribution is -2.45.